The third kappa shape index (κ3) is 3.50. The van der Waals surface area contributed by atoms with Crippen LogP contribution >= 0.6 is 0 Å². The summed E-state index contributed by atoms with van der Waals surface area (Å²) in [5.74, 6) is 0.135. The minimum absolute atomic E-state index is 0.135. The van der Waals surface area contributed by atoms with Crippen LogP contribution in [-0.4, -0.2) is 60.3 Å². The Balaban J connectivity index is 1.82. The molecule has 1 fully saturated rings. The van der Waals surface area contributed by atoms with Gasteiger partial charge in [0.2, 0.25) is 5.91 Å². The van der Waals surface area contributed by atoms with Gasteiger partial charge in [0.05, 0.1) is 23.6 Å². The highest BCUT2D eigenvalue weighted by atomic mass is 16.2. The highest BCUT2D eigenvalue weighted by molar-refractivity contribution is 5.78. The van der Waals surface area contributed by atoms with E-state index < -0.39 is 0 Å². The predicted octanol–water partition coefficient (Wildman–Crippen LogP) is 0.675. The first-order chi connectivity index (χ1) is 9.61. The number of nitrogens with one attached hydrogen (secondary N) is 2. The largest absolute Gasteiger partial charge is 0.366 e. The van der Waals surface area contributed by atoms with Gasteiger partial charge in [-0.2, -0.15) is 5.10 Å². The molecular formula is C14H25N5O. The van der Waals surface area contributed by atoms with E-state index in [9.17, 15) is 4.79 Å². The summed E-state index contributed by atoms with van der Waals surface area (Å²) in [5, 5.41) is 10.2. The Morgan fingerprint density at radius 3 is 2.55 bits per heavy atom. The van der Waals surface area contributed by atoms with Crippen molar-refractivity contribution in [1.29, 1.82) is 0 Å². The highest BCUT2D eigenvalue weighted by Crippen LogP contribution is 2.23. The summed E-state index contributed by atoms with van der Waals surface area (Å²) in [6.45, 7) is 11.2. The molecule has 1 aromatic rings. The van der Waals surface area contributed by atoms with Gasteiger partial charge in [-0.15, -0.1) is 0 Å². The molecule has 0 bridgehead atoms. The molecule has 6 nitrogen and oxygen atoms in total. The van der Waals surface area contributed by atoms with Crippen molar-refractivity contribution in [3.63, 3.8) is 0 Å². The van der Waals surface area contributed by atoms with E-state index in [1.165, 1.54) is 5.69 Å². The monoisotopic (exact) mass is 279 g/mol. The van der Waals surface area contributed by atoms with Gasteiger partial charge in [-0.1, -0.05) is 6.92 Å². The molecule has 2 heterocycles. The van der Waals surface area contributed by atoms with Crippen molar-refractivity contribution >= 4 is 11.6 Å². The van der Waals surface area contributed by atoms with Crippen LogP contribution in [0.15, 0.2) is 0 Å². The fourth-order valence-electron chi connectivity index (χ4n) is 2.66. The number of hydrogen-bond donors (Lipinski definition) is 2. The Morgan fingerprint density at radius 2 is 2.00 bits per heavy atom. The fraction of sp³-hybridized carbons (Fsp3) is 0.714. The SMILES string of the molecule is CCCNC(=O)CN1CCN(c2c(C)n[nH]c2C)CC1. The molecule has 1 aliphatic rings. The average molecular weight is 279 g/mol. The molecule has 0 aliphatic carbocycles. The van der Waals surface area contributed by atoms with Crippen LogP contribution in [0, 0.1) is 13.8 Å². The summed E-state index contributed by atoms with van der Waals surface area (Å²) in [6.07, 6.45) is 0.985. The number of rotatable bonds is 5. The van der Waals surface area contributed by atoms with E-state index in [2.05, 4.69) is 39.2 Å². The number of amides is 1. The van der Waals surface area contributed by atoms with Gasteiger partial charge in [0.25, 0.3) is 0 Å². The zero-order chi connectivity index (χ0) is 14.5. The molecule has 1 saturated heterocycles. The van der Waals surface area contributed by atoms with Crippen LogP contribution in [0.4, 0.5) is 5.69 Å². The number of anilines is 1. The summed E-state index contributed by atoms with van der Waals surface area (Å²) in [6, 6.07) is 0. The zero-order valence-electron chi connectivity index (χ0n) is 12.7. The van der Waals surface area contributed by atoms with Gasteiger partial charge in [0, 0.05) is 32.7 Å². The molecule has 1 aliphatic heterocycles. The summed E-state index contributed by atoms with van der Waals surface area (Å²) < 4.78 is 0. The second-order valence-corrected chi connectivity index (χ2v) is 5.40. The van der Waals surface area contributed by atoms with Crippen molar-refractivity contribution in [2.75, 3.05) is 44.2 Å². The number of aryl methyl sites for hydroxylation is 2. The smallest absolute Gasteiger partial charge is 0.234 e. The molecule has 112 valence electrons. The molecule has 2 rings (SSSR count). The van der Waals surface area contributed by atoms with E-state index in [4.69, 9.17) is 0 Å². The molecule has 1 amide bonds. The maximum absolute atomic E-state index is 11.7. The van der Waals surface area contributed by atoms with E-state index in [1.54, 1.807) is 0 Å². The third-order valence-electron chi connectivity index (χ3n) is 3.72. The van der Waals surface area contributed by atoms with Crippen molar-refractivity contribution in [3.8, 4) is 0 Å². The van der Waals surface area contributed by atoms with Gasteiger partial charge in [-0.3, -0.25) is 14.8 Å². The van der Waals surface area contributed by atoms with Crippen molar-refractivity contribution in [3.05, 3.63) is 11.4 Å². The second-order valence-electron chi connectivity index (χ2n) is 5.40. The Bertz CT molecular complexity index is 429. The number of aromatic nitrogens is 2. The second kappa shape index (κ2) is 6.74. The lowest BCUT2D eigenvalue weighted by atomic mass is 10.2. The topological polar surface area (TPSA) is 64.3 Å². The van der Waals surface area contributed by atoms with E-state index in [0.29, 0.717) is 6.54 Å². The minimum Gasteiger partial charge on any atom is -0.366 e. The average Bonchev–Trinajstić information content (AvgIpc) is 2.77. The van der Waals surface area contributed by atoms with Crippen molar-refractivity contribution in [2.24, 2.45) is 0 Å². The highest BCUT2D eigenvalue weighted by Gasteiger charge is 2.22. The minimum atomic E-state index is 0.135. The first-order valence-corrected chi connectivity index (χ1v) is 7.37. The lowest BCUT2D eigenvalue weighted by molar-refractivity contribution is -0.122. The summed E-state index contributed by atoms with van der Waals surface area (Å²) in [7, 11) is 0. The molecule has 0 aromatic carbocycles. The Morgan fingerprint density at radius 1 is 1.30 bits per heavy atom. The molecule has 0 atom stereocenters. The zero-order valence-corrected chi connectivity index (χ0v) is 12.7. The summed E-state index contributed by atoms with van der Waals surface area (Å²) >= 11 is 0. The first kappa shape index (κ1) is 14.8. The van der Waals surface area contributed by atoms with Crippen LogP contribution in [0.5, 0.6) is 0 Å². The molecular weight excluding hydrogens is 254 g/mol. The van der Waals surface area contributed by atoms with Crippen LogP contribution in [-0.2, 0) is 4.79 Å². The Hall–Kier alpha value is -1.56. The van der Waals surface area contributed by atoms with Crippen LogP contribution in [0.2, 0.25) is 0 Å². The molecule has 20 heavy (non-hydrogen) atoms. The lowest BCUT2D eigenvalue weighted by Gasteiger charge is -2.35. The molecule has 0 spiro atoms. The molecule has 0 unspecified atom stereocenters. The first-order valence-electron chi connectivity index (χ1n) is 7.37. The molecule has 1 aromatic heterocycles. The van der Waals surface area contributed by atoms with Crippen molar-refractivity contribution < 1.29 is 4.79 Å². The molecule has 6 heteroatoms. The number of hydrogen-bond acceptors (Lipinski definition) is 4. The summed E-state index contributed by atoms with van der Waals surface area (Å²) in [4.78, 5) is 16.3. The van der Waals surface area contributed by atoms with Crippen molar-refractivity contribution in [1.82, 2.24) is 20.4 Å². The van der Waals surface area contributed by atoms with Crippen LogP contribution in [0.3, 0.4) is 0 Å². The van der Waals surface area contributed by atoms with Gasteiger partial charge in [-0.25, -0.2) is 0 Å². The number of piperazine rings is 1. The van der Waals surface area contributed by atoms with Crippen molar-refractivity contribution in [2.45, 2.75) is 27.2 Å². The van der Waals surface area contributed by atoms with E-state index in [-0.39, 0.29) is 5.91 Å². The quantitative estimate of drug-likeness (QED) is 0.832. The molecule has 0 radical (unpaired) electrons. The Kier molecular flexibility index (Phi) is 5.00. The van der Waals surface area contributed by atoms with Crippen LogP contribution in [0.25, 0.3) is 0 Å². The fourth-order valence-corrected chi connectivity index (χ4v) is 2.66. The number of nitrogens with zero attached hydrogens (tertiary/aromatic N) is 3. The number of aromatic amines is 1. The van der Waals surface area contributed by atoms with Gasteiger partial charge < -0.3 is 10.2 Å². The third-order valence-corrected chi connectivity index (χ3v) is 3.72. The maximum Gasteiger partial charge on any atom is 0.234 e. The van der Waals surface area contributed by atoms with Gasteiger partial charge in [0.1, 0.15) is 0 Å². The van der Waals surface area contributed by atoms with Gasteiger partial charge in [-0.05, 0) is 20.3 Å². The van der Waals surface area contributed by atoms with E-state index in [0.717, 1.165) is 50.5 Å². The Labute approximate surface area is 120 Å². The normalized spacial score (nSPS) is 16.4. The van der Waals surface area contributed by atoms with Gasteiger partial charge in [0.15, 0.2) is 0 Å². The van der Waals surface area contributed by atoms with E-state index in [1.807, 2.05) is 6.92 Å². The van der Waals surface area contributed by atoms with Gasteiger partial charge >= 0.3 is 0 Å². The number of H-pyrrole nitrogens is 1. The molecule has 0 saturated carbocycles. The maximum atomic E-state index is 11.7. The van der Waals surface area contributed by atoms with Crippen LogP contribution in [0.1, 0.15) is 24.7 Å². The predicted molar refractivity (Wildman–Crippen MR) is 80.0 cm³/mol. The number of carbonyl (C=O) groups excluding carboxylic acids is 1. The lowest BCUT2D eigenvalue weighted by Crippen LogP contribution is -2.49. The van der Waals surface area contributed by atoms with E-state index >= 15 is 0 Å². The number of carbonyl (C=O) groups is 1. The molecule has 2 N–H and O–H groups in total. The summed E-state index contributed by atoms with van der Waals surface area (Å²) in [5.41, 5.74) is 3.40. The standard InChI is InChI=1S/C14H25N5O/c1-4-5-15-13(20)10-18-6-8-19(9-7-18)14-11(2)16-17-12(14)3/h4-10H2,1-3H3,(H,15,20)(H,16,17). The van der Waals surface area contributed by atoms with Crippen LogP contribution < -0.4 is 10.2 Å².